The monoisotopic (exact) mass is 267 g/mol. The van der Waals surface area contributed by atoms with Gasteiger partial charge in [-0.2, -0.15) is 0 Å². The van der Waals surface area contributed by atoms with Gasteiger partial charge in [-0.05, 0) is 28.1 Å². The van der Waals surface area contributed by atoms with Crippen LogP contribution in [0.1, 0.15) is 5.56 Å². The first-order chi connectivity index (χ1) is 6.09. The number of hydrogen-bond donors (Lipinski definition) is 1. The van der Waals surface area contributed by atoms with Gasteiger partial charge in [-0.25, -0.2) is 17.0 Å². The number of rotatable bonds is 3. The van der Waals surface area contributed by atoms with Crippen LogP contribution in [-0.4, -0.2) is 8.42 Å². The van der Waals surface area contributed by atoms with E-state index in [1.807, 2.05) is 0 Å². The topological polar surface area (TPSA) is 43.4 Å². The summed E-state index contributed by atoms with van der Waals surface area (Å²) in [4.78, 5) is 0. The van der Waals surface area contributed by atoms with Gasteiger partial charge < -0.3 is 0 Å². The minimum Gasteiger partial charge on any atom is -0.244 e. The number of benzene rings is 1. The number of thiol groups is 1. The third-order valence-electron chi connectivity index (χ3n) is 1.23. The molecule has 0 atom stereocenters. The molecule has 0 heterocycles. The molecule has 0 N–H and O–H groups in total. The lowest BCUT2D eigenvalue weighted by atomic mass is 10.2. The van der Waals surface area contributed by atoms with E-state index in [0.717, 1.165) is 0 Å². The Labute approximate surface area is 84.8 Å². The normalized spacial score (nSPS) is 11.1. The maximum Gasteiger partial charge on any atom is 0.258 e. The van der Waals surface area contributed by atoms with E-state index in [4.69, 9.17) is 0 Å². The second-order valence-electron chi connectivity index (χ2n) is 2.10. The van der Waals surface area contributed by atoms with E-state index in [-0.39, 0.29) is 5.01 Å². The summed E-state index contributed by atoms with van der Waals surface area (Å²) < 4.78 is 37.0. The Hall–Kier alpha value is -0.460. The quantitative estimate of drug-likeness (QED) is 0.847. The molecule has 1 aromatic rings. The Bertz CT molecular complexity index is 341. The zero-order valence-corrected chi connectivity index (χ0v) is 8.72. The van der Waals surface area contributed by atoms with E-state index in [9.17, 15) is 12.8 Å². The molecular weight excluding hydrogens is 263 g/mol. The van der Waals surface area contributed by atoms with Gasteiger partial charge in [0.15, 0.2) is 0 Å². The average molecular weight is 268 g/mol. The van der Waals surface area contributed by atoms with Crippen molar-refractivity contribution in [2.45, 2.75) is 0 Å². The molecule has 0 bridgehead atoms. The minimum atomic E-state index is -2.95. The predicted octanol–water partition coefficient (Wildman–Crippen LogP) is 1.60. The predicted molar refractivity (Wildman–Crippen MR) is 49.1 cm³/mol. The van der Waals surface area contributed by atoms with Gasteiger partial charge >= 0.3 is 0 Å². The second kappa shape index (κ2) is 4.69. The van der Waals surface area contributed by atoms with Crippen LogP contribution >= 0.6 is 15.9 Å². The Morgan fingerprint density at radius 3 is 2.31 bits per heavy atom. The Kier molecular flexibility index (Phi) is 3.83. The van der Waals surface area contributed by atoms with Crippen LogP contribution in [0.25, 0.3) is 0 Å². The van der Waals surface area contributed by atoms with Crippen LogP contribution in [0.15, 0.2) is 24.3 Å². The smallest absolute Gasteiger partial charge is 0.244 e. The van der Waals surface area contributed by atoms with Gasteiger partial charge in [0.05, 0.1) is 0 Å². The van der Waals surface area contributed by atoms with Crippen molar-refractivity contribution in [1.29, 1.82) is 0 Å². The van der Waals surface area contributed by atoms with E-state index in [1.54, 1.807) is 0 Å². The fraction of sp³-hybridized carbons (Fsp3) is 0. The molecule has 0 saturated carbocycles. The van der Waals surface area contributed by atoms with Crippen molar-refractivity contribution in [3.8, 4) is 0 Å². The summed E-state index contributed by atoms with van der Waals surface area (Å²) >= 11 is 2.90. The van der Waals surface area contributed by atoms with Crippen molar-refractivity contribution < 1.29 is 17.0 Å². The maximum absolute atomic E-state index is 12.4. The SMILES string of the molecule is O=[SH](=O)O[C](Br)c1ccc(F)cc1. The summed E-state index contributed by atoms with van der Waals surface area (Å²) in [5.74, 6) is -0.393. The molecule has 1 aromatic carbocycles. The molecule has 0 aromatic heterocycles. The van der Waals surface area contributed by atoms with Crippen LogP contribution in [-0.2, 0) is 15.2 Å². The third-order valence-corrected chi connectivity index (χ3v) is 2.43. The van der Waals surface area contributed by atoms with Crippen molar-refractivity contribution >= 4 is 26.9 Å². The molecule has 13 heavy (non-hydrogen) atoms. The van der Waals surface area contributed by atoms with Crippen molar-refractivity contribution in [2.75, 3.05) is 0 Å². The maximum atomic E-state index is 12.4. The van der Waals surface area contributed by atoms with Crippen molar-refractivity contribution in [1.82, 2.24) is 0 Å². The first-order valence-electron chi connectivity index (χ1n) is 3.20. The molecule has 0 amide bonds. The first kappa shape index (κ1) is 10.6. The van der Waals surface area contributed by atoms with Gasteiger partial charge in [0, 0.05) is 5.56 Å². The van der Waals surface area contributed by atoms with Crippen molar-refractivity contribution in [3.63, 3.8) is 0 Å². The highest BCUT2D eigenvalue weighted by Crippen LogP contribution is 2.22. The van der Waals surface area contributed by atoms with Gasteiger partial charge in [-0.1, -0.05) is 12.1 Å². The highest BCUT2D eigenvalue weighted by Gasteiger charge is 2.10. The van der Waals surface area contributed by atoms with Crippen molar-refractivity contribution in [3.05, 3.63) is 40.7 Å². The fourth-order valence-electron chi connectivity index (χ4n) is 0.699. The number of hydrogen-bond acceptors (Lipinski definition) is 3. The van der Waals surface area contributed by atoms with E-state index < -0.39 is 16.8 Å². The third kappa shape index (κ3) is 3.41. The van der Waals surface area contributed by atoms with Gasteiger partial charge in [0.1, 0.15) is 5.82 Å². The molecule has 6 heteroatoms. The van der Waals surface area contributed by atoms with E-state index in [2.05, 4.69) is 20.1 Å². The van der Waals surface area contributed by atoms with Crippen LogP contribution in [0.4, 0.5) is 4.39 Å². The highest BCUT2D eigenvalue weighted by atomic mass is 79.9. The summed E-state index contributed by atoms with van der Waals surface area (Å²) in [5, 5.41) is 0.0450. The Morgan fingerprint density at radius 2 is 1.85 bits per heavy atom. The largest absolute Gasteiger partial charge is 0.258 e. The van der Waals surface area contributed by atoms with Crippen LogP contribution in [0.3, 0.4) is 0 Å². The zero-order chi connectivity index (χ0) is 9.84. The van der Waals surface area contributed by atoms with Crippen molar-refractivity contribution in [2.24, 2.45) is 0 Å². The number of halogens is 2. The summed E-state index contributed by atoms with van der Waals surface area (Å²) in [5.41, 5.74) is 0.459. The minimum absolute atomic E-state index is 0.0450. The van der Waals surface area contributed by atoms with Crippen LogP contribution < -0.4 is 0 Å². The van der Waals surface area contributed by atoms with Gasteiger partial charge in [-0.15, -0.1) is 0 Å². The molecule has 71 valence electrons. The summed E-state index contributed by atoms with van der Waals surface area (Å²) in [6.07, 6.45) is 0. The lowest BCUT2D eigenvalue weighted by molar-refractivity contribution is 0.417. The molecule has 0 aliphatic heterocycles. The molecule has 3 nitrogen and oxygen atoms in total. The first-order valence-corrected chi connectivity index (χ1v) is 5.09. The molecule has 0 aliphatic rings. The molecule has 0 aliphatic carbocycles. The standard InChI is InChI=1S/C7H5BrFO3S/c8-7(12-13(10)11)5-1-3-6(9)4-2-5/h1-4,13H. The van der Waals surface area contributed by atoms with Gasteiger partial charge in [0.25, 0.3) is 11.0 Å². The van der Waals surface area contributed by atoms with E-state index in [1.165, 1.54) is 24.3 Å². The lowest BCUT2D eigenvalue weighted by Crippen LogP contribution is -1.95. The Balaban J connectivity index is 2.77. The summed E-state index contributed by atoms with van der Waals surface area (Å²) in [7, 11) is -2.95. The molecule has 1 radical (unpaired) electrons. The van der Waals surface area contributed by atoms with Gasteiger partial charge in [0.2, 0.25) is 5.01 Å². The van der Waals surface area contributed by atoms with Crippen LogP contribution in [0.2, 0.25) is 0 Å². The van der Waals surface area contributed by atoms with E-state index >= 15 is 0 Å². The molecule has 0 spiro atoms. The van der Waals surface area contributed by atoms with E-state index in [0.29, 0.717) is 5.56 Å². The fourth-order valence-corrected chi connectivity index (χ4v) is 1.55. The summed E-state index contributed by atoms with van der Waals surface area (Å²) in [6.45, 7) is 0. The molecule has 0 saturated heterocycles. The van der Waals surface area contributed by atoms with Gasteiger partial charge in [-0.3, -0.25) is 0 Å². The summed E-state index contributed by atoms with van der Waals surface area (Å²) in [6, 6.07) is 5.21. The second-order valence-corrected chi connectivity index (χ2v) is 3.45. The lowest BCUT2D eigenvalue weighted by Gasteiger charge is -2.03. The zero-order valence-electron chi connectivity index (χ0n) is 6.24. The van der Waals surface area contributed by atoms with Crippen LogP contribution in [0, 0.1) is 10.8 Å². The molecular formula is C7H5BrFO3S. The average Bonchev–Trinajstić information content (AvgIpc) is 2.04. The van der Waals surface area contributed by atoms with Crippen LogP contribution in [0.5, 0.6) is 0 Å². The molecule has 0 fully saturated rings. The highest BCUT2D eigenvalue weighted by molar-refractivity contribution is 9.11. The Morgan fingerprint density at radius 1 is 1.31 bits per heavy atom. The molecule has 1 rings (SSSR count). The molecule has 0 unspecified atom stereocenters.